The number of likely N-dealkylation sites (tertiary alicyclic amines) is 1. The molecule has 2 N–H and O–H groups in total. The SMILES string of the molecule is COc1ccc(CN2CCC(N(C)C)CC2)c(N)c1. The van der Waals surface area contributed by atoms with E-state index in [9.17, 15) is 0 Å². The quantitative estimate of drug-likeness (QED) is 0.841. The molecule has 1 fully saturated rings. The lowest BCUT2D eigenvalue weighted by Gasteiger charge is -2.35. The molecule has 0 aromatic heterocycles. The average Bonchev–Trinajstić information content (AvgIpc) is 2.41. The van der Waals surface area contributed by atoms with Gasteiger partial charge in [0.1, 0.15) is 5.75 Å². The molecule has 1 aliphatic rings. The molecule has 0 unspecified atom stereocenters. The van der Waals surface area contributed by atoms with Crippen LogP contribution in [0.3, 0.4) is 0 Å². The normalized spacial score (nSPS) is 17.9. The topological polar surface area (TPSA) is 41.7 Å². The highest BCUT2D eigenvalue weighted by atomic mass is 16.5. The molecule has 0 atom stereocenters. The Balaban J connectivity index is 1.92. The Bertz CT molecular complexity index is 412. The highest BCUT2D eigenvalue weighted by molar-refractivity contribution is 5.51. The lowest BCUT2D eigenvalue weighted by Crippen LogP contribution is -2.41. The third-order valence-corrected chi connectivity index (χ3v) is 4.03. The van der Waals surface area contributed by atoms with Crippen molar-refractivity contribution in [1.82, 2.24) is 9.80 Å². The van der Waals surface area contributed by atoms with E-state index < -0.39 is 0 Å². The molecule has 1 saturated heterocycles. The fraction of sp³-hybridized carbons (Fsp3) is 0.600. The number of piperidine rings is 1. The molecular weight excluding hydrogens is 238 g/mol. The molecule has 0 bridgehead atoms. The van der Waals surface area contributed by atoms with E-state index in [4.69, 9.17) is 10.5 Å². The number of ether oxygens (including phenoxy) is 1. The molecule has 1 heterocycles. The molecule has 0 saturated carbocycles. The first-order chi connectivity index (χ1) is 9.10. The van der Waals surface area contributed by atoms with E-state index in [1.54, 1.807) is 7.11 Å². The summed E-state index contributed by atoms with van der Waals surface area (Å²) >= 11 is 0. The fourth-order valence-corrected chi connectivity index (χ4v) is 2.68. The number of benzene rings is 1. The second-order valence-electron chi connectivity index (χ2n) is 5.54. The van der Waals surface area contributed by atoms with Gasteiger partial charge in [-0.1, -0.05) is 6.07 Å². The van der Waals surface area contributed by atoms with Crippen LogP contribution in [0.4, 0.5) is 5.69 Å². The zero-order valence-corrected chi connectivity index (χ0v) is 12.2. The third kappa shape index (κ3) is 3.61. The van der Waals surface area contributed by atoms with E-state index in [0.717, 1.165) is 37.1 Å². The number of nitrogens with two attached hydrogens (primary N) is 1. The van der Waals surface area contributed by atoms with Crippen LogP contribution in [0.2, 0.25) is 0 Å². The van der Waals surface area contributed by atoms with Gasteiger partial charge in [-0.25, -0.2) is 0 Å². The number of nitrogen functional groups attached to an aromatic ring is 1. The molecule has 1 aromatic rings. The van der Waals surface area contributed by atoms with Gasteiger partial charge in [0.2, 0.25) is 0 Å². The van der Waals surface area contributed by atoms with Gasteiger partial charge in [0.05, 0.1) is 7.11 Å². The maximum absolute atomic E-state index is 6.07. The lowest BCUT2D eigenvalue weighted by atomic mass is 10.0. The van der Waals surface area contributed by atoms with E-state index in [2.05, 4.69) is 30.0 Å². The van der Waals surface area contributed by atoms with E-state index in [1.165, 1.54) is 18.4 Å². The molecule has 4 nitrogen and oxygen atoms in total. The van der Waals surface area contributed by atoms with Gasteiger partial charge in [-0.05, 0) is 51.7 Å². The predicted molar refractivity (Wildman–Crippen MR) is 79.4 cm³/mol. The zero-order chi connectivity index (χ0) is 13.8. The van der Waals surface area contributed by atoms with E-state index in [-0.39, 0.29) is 0 Å². The Morgan fingerprint density at radius 1 is 1.32 bits per heavy atom. The molecule has 1 aliphatic heterocycles. The number of methoxy groups -OCH3 is 1. The smallest absolute Gasteiger partial charge is 0.120 e. The molecule has 4 heteroatoms. The van der Waals surface area contributed by atoms with E-state index in [0.29, 0.717) is 0 Å². The molecule has 0 spiro atoms. The van der Waals surface area contributed by atoms with E-state index >= 15 is 0 Å². The van der Waals surface area contributed by atoms with Crippen LogP contribution in [-0.4, -0.2) is 50.1 Å². The summed E-state index contributed by atoms with van der Waals surface area (Å²) in [5.41, 5.74) is 8.10. The monoisotopic (exact) mass is 263 g/mol. The maximum Gasteiger partial charge on any atom is 0.120 e. The first kappa shape index (κ1) is 14.2. The van der Waals surface area contributed by atoms with Crippen molar-refractivity contribution in [3.05, 3.63) is 23.8 Å². The van der Waals surface area contributed by atoms with Gasteiger partial charge in [-0.3, -0.25) is 4.90 Å². The average molecular weight is 263 g/mol. The predicted octanol–water partition coefficient (Wildman–Crippen LogP) is 1.80. The van der Waals surface area contributed by atoms with Crippen LogP contribution in [0.5, 0.6) is 5.75 Å². The molecule has 0 aliphatic carbocycles. The minimum atomic E-state index is 0.726. The van der Waals surface area contributed by atoms with Crippen molar-refractivity contribution in [3.63, 3.8) is 0 Å². The Morgan fingerprint density at radius 3 is 2.53 bits per heavy atom. The fourth-order valence-electron chi connectivity index (χ4n) is 2.68. The molecule has 19 heavy (non-hydrogen) atoms. The number of hydrogen-bond acceptors (Lipinski definition) is 4. The van der Waals surface area contributed by atoms with Crippen LogP contribution in [-0.2, 0) is 6.54 Å². The van der Waals surface area contributed by atoms with Crippen molar-refractivity contribution in [2.45, 2.75) is 25.4 Å². The number of hydrogen-bond donors (Lipinski definition) is 1. The second-order valence-corrected chi connectivity index (χ2v) is 5.54. The van der Waals surface area contributed by atoms with Crippen molar-refractivity contribution < 1.29 is 4.74 Å². The highest BCUT2D eigenvalue weighted by Gasteiger charge is 2.20. The highest BCUT2D eigenvalue weighted by Crippen LogP contribution is 2.23. The van der Waals surface area contributed by atoms with Crippen LogP contribution in [0.15, 0.2) is 18.2 Å². The van der Waals surface area contributed by atoms with Crippen molar-refractivity contribution in [2.75, 3.05) is 40.0 Å². The first-order valence-corrected chi connectivity index (χ1v) is 6.91. The van der Waals surface area contributed by atoms with Crippen LogP contribution in [0.25, 0.3) is 0 Å². The van der Waals surface area contributed by atoms with Crippen molar-refractivity contribution in [1.29, 1.82) is 0 Å². The summed E-state index contributed by atoms with van der Waals surface area (Å²) in [5.74, 6) is 0.826. The standard InChI is InChI=1S/C15H25N3O/c1-17(2)13-6-8-18(9-7-13)11-12-4-5-14(19-3)10-15(12)16/h4-5,10,13H,6-9,11,16H2,1-3H3. The number of nitrogens with zero attached hydrogens (tertiary/aromatic N) is 2. The van der Waals surface area contributed by atoms with Crippen molar-refractivity contribution in [3.8, 4) is 5.75 Å². The number of rotatable bonds is 4. The minimum absolute atomic E-state index is 0.726. The van der Waals surface area contributed by atoms with Gasteiger partial charge in [0.15, 0.2) is 0 Å². The molecule has 0 radical (unpaired) electrons. The summed E-state index contributed by atoms with van der Waals surface area (Å²) in [4.78, 5) is 4.82. The van der Waals surface area contributed by atoms with Crippen molar-refractivity contribution in [2.24, 2.45) is 0 Å². The van der Waals surface area contributed by atoms with Gasteiger partial charge < -0.3 is 15.4 Å². The number of anilines is 1. The Morgan fingerprint density at radius 2 is 2.00 bits per heavy atom. The summed E-state index contributed by atoms with van der Waals surface area (Å²) in [6.07, 6.45) is 2.48. The Labute approximate surface area is 116 Å². The molecule has 1 aromatic carbocycles. The molecule has 0 amide bonds. The first-order valence-electron chi connectivity index (χ1n) is 6.91. The van der Waals surface area contributed by atoms with Gasteiger partial charge in [0.25, 0.3) is 0 Å². The van der Waals surface area contributed by atoms with Crippen LogP contribution in [0.1, 0.15) is 18.4 Å². The summed E-state index contributed by atoms with van der Waals surface area (Å²) in [6, 6.07) is 6.69. The molecular formula is C15H25N3O. The van der Waals surface area contributed by atoms with Crippen LogP contribution >= 0.6 is 0 Å². The Hall–Kier alpha value is -1.26. The lowest BCUT2D eigenvalue weighted by molar-refractivity contribution is 0.140. The summed E-state index contributed by atoms with van der Waals surface area (Å²) in [7, 11) is 6.00. The summed E-state index contributed by atoms with van der Waals surface area (Å²) in [6.45, 7) is 3.23. The van der Waals surface area contributed by atoms with Crippen LogP contribution in [0, 0.1) is 0 Å². The summed E-state index contributed by atoms with van der Waals surface area (Å²) in [5, 5.41) is 0. The molecule has 106 valence electrons. The van der Waals surface area contributed by atoms with Gasteiger partial charge in [-0.2, -0.15) is 0 Å². The van der Waals surface area contributed by atoms with Crippen molar-refractivity contribution >= 4 is 5.69 Å². The minimum Gasteiger partial charge on any atom is -0.497 e. The maximum atomic E-state index is 6.07. The molecule has 2 rings (SSSR count). The summed E-state index contributed by atoms with van der Waals surface area (Å²) < 4.78 is 5.18. The van der Waals surface area contributed by atoms with Gasteiger partial charge in [0, 0.05) is 24.3 Å². The van der Waals surface area contributed by atoms with E-state index in [1.807, 2.05) is 12.1 Å². The largest absolute Gasteiger partial charge is 0.497 e. The Kier molecular flexibility index (Phi) is 4.66. The zero-order valence-electron chi connectivity index (χ0n) is 12.2. The van der Waals surface area contributed by atoms with Gasteiger partial charge >= 0.3 is 0 Å². The van der Waals surface area contributed by atoms with Gasteiger partial charge in [-0.15, -0.1) is 0 Å². The van der Waals surface area contributed by atoms with Crippen LogP contribution < -0.4 is 10.5 Å². The second kappa shape index (κ2) is 6.26. The third-order valence-electron chi connectivity index (χ3n) is 4.03.